The zero-order valence-corrected chi connectivity index (χ0v) is 11.6. The van der Waals surface area contributed by atoms with Gasteiger partial charge >= 0.3 is 0 Å². The van der Waals surface area contributed by atoms with E-state index in [9.17, 15) is 0 Å². The first-order valence-electron chi connectivity index (χ1n) is 5.67. The molecule has 0 saturated carbocycles. The minimum atomic E-state index is 0.506. The van der Waals surface area contributed by atoms with Crippen molar-refractivity contribution in [2.75, 3.05) is 0 Å². The molecule has 0 radical (unpaired) electrons. The summed E-state index contributed by atoms with van der Waals surface area (Å²) in [5.41, 5.74) is 8.19. The van der Waals surface area contributed by atoms with Gasteiger partial charge in [0.05, 0.1) is 5.69 Å². The number of aryl methyl sites for hydroxylation is 1. The first kappa shape index (κ1) is 11.8. The highest BCUT2D eigenvalue weighted by Crippen LogP contribution is 2.33. The summed E-state index contributed by atoms with van der Waals surface area (Å²) in [6.45, 7) is 2.62. The Bertz CT molecular complexity index is 684. The molecule has 0 aliphatic heterocycles. The highest BCUT2D eigenvalue weighted by molar-refractivity contribution is 7.99. The Balaban J connectivity index is 2.04. The Morgan fingerprint density at radius 3 is 3.00 bits per heavy atom. The summed E-state index contributed by atoms with van der Waals surface area (Å²) in [7, 11) is 0. The number of hydrogen-bond acceptors (Lipinski definition) is 4. The van der Waals surface area contributed by atoms with Crippen molar-refractivity contribution in [3.63, 3.8) is 0 Å². The fourth-order valence-electron chi connectivity index (χ4n) is 1.86. The molecule has 3 nitrogen and oxygen atoms in total. The van der Waals surface area contributed by atoms with E-state index >= 15 is 0 Å². The van der Waals surface area contributed by atoms with Crippen molar-refractivity contribution in [3.8, 4) is 0 Å². The largest absolute Gasteiger partial charge is 0.325 e. The molecule has 0 bridgehead atoms. The van der Waals surface area contributed by atoms with E-state index < -0.39 is 0 Å². The SMILES string of the molecule is Cc1ccccc1Sc1nc2sccn2c1CN. The van der Waals surface area contributed by atoms with Crippen molar-refractivity contribution >= 4 is 28.1 Å². The predicted molar refractivity (Wildman–Crippen MR) is 76.3 cm³/mol. The molecule has 92 valence electrons. The van der Waals surface area contributed by atoms with Crippen LogP contribution < -0.4 is 5.73 Å². The minimum absolute atomic E-state index is 0.506. The van der Waals surface area contributed by atoms with E-state index in [-0.39, 0.29) is 0 Å². The van der Waals surface area contributed by atoms with Crippen molar-refractivity contribution in [1.29, 1.82) is 0 Å². The van der Waals surface area contributed by atoms with Gasteiger partial charge in [0, 0.05) is 23.0 Å². The molecule has 0 saturated heterocycles. The Kier molecular flexibility index (Phi) is 3.11. The number of benzene rings is 1. The van der Waals surface area contributed by atoms with Crippen molar-refractivity contribution in [2.24, 2.45) is 5.73 Å². The summed E-state index contributed by atoms with van der Waals surface area (Å²) in [6, 6.07) is 8.33. The smallest absolute Gasteiger partial charge is 0.194 e. The van der Waals surface area contributed by atoms with Crippen LogP contribution in [0.5, 0.6) is 0 Å². The molecule has 3 rings (SSSR count). The van der Waals surface area contributed by atoms with Crippen molar-refractivity contribution in [3.05, 3.63) is 47.1 Å². The summed E-state index contributed by atoms with van der Waals surface area (Å²) in [4.78, 5) is 6.88. The first-order valence-corrected chi connectivity index (χ1v) is 7.37. The quantitative estimate of drug-likeness (QED) is 0.797. The number of aromatic nitrogens is 2. The van der Waals surface area contributed by atoms with Gasteiger partial charge in [0.1, 0.15) is 5.03 Å². The second-order valence-electron chi connectivity index (χ2n) is 3.99. The molecule has 5 heteroatoms. The summed E-state index contributed by atoms with van der Waals surface area (Å²) < 4.78 is 2.07. The molecule has 0 atom stereocenters. The van der Waals surface area contributed by atoms with E-state index in [1.54, 1.807) is 23.1 Å². The lowest BCUT2D eigenvalue weighted by Crippen LogP contribution is -2.01. The summed E-state index contributed by atoms with van der Waals surface area (Å²) in [5.74, 6) is 0. The lowest BCUT2D eigenvalue weighted by Gasteiger charge is -2.04. The van der Waals surface area contributed by atoms with Crippen LogP contribution >= 0.6 is 23.1 Å². The van der Waals surface area contributed by atoms with Crippen molar-refractivity contribution < 1.29 is 0 Å². The number of nitrogens with two attached hydrogens (primary N) is 1. The minimum Gasteiger partial charge on any atom is -0.325 e. The molecule has 18 heavy (non-hydrogen) atoms. The molecule has 0 amide bonds. The molecule has 0 aliphatic carbocycles. The van der Waals surface area contributed by atoms with Gasteiger partial charge in [0.2, 0.25) is 0 Å². The summed E-state index contributed by atoms with van der Waals surface area (Å²) in [5, 5.41) is 3.04. The van der Waals surface area contributed by atoms with Crippen LogP contribution in [0.25, 0.3) is 4.96 Å². The van der Waals surface area contributed by atoms with Gasteiger partial charge in [-0.3, -0.25) is 4.40 Å². The van der Waals surface area contributed by atoms with Crippen LogP contribution in [0.4, 0.5) is 0 Å². The number of imidazole rings is 1. The maximum Gasteiger partial charge on any atom is 0.194 e. The van der Waals surface area contributed by atoms with Crippen LogP contribution in [0.15, 0.2) is 45.8 Å². The fourth-order valence-corrected chi connectivity index (χ4v) is 3.66. The highest BCUT2D eigenvalue weighted by Gasteiger charge is 2.13. The second kappa shape index (κ2) is 4.76. The number of rotatable bonds is 3. The third-order valence-electron chi connectivity index (χ3n) is 2.82. The van der Waals surface area contributed by atoms with Crippen LogP contribution in [-0.4, -0.2) is 9.38 Å². The van der Waals surface area contributed by atoms with Crippen LogP contribution in [0, 0.1) is 6.92 Å². The zero-order chi connectivity index (χ0) is 12.5. The normalized spacial score (nSPS) is 11.2. The van der Waals surface area contributed by atoms with E-state index in [2.05, 4.69) is 40.6 Å². The average Bonchev–Trinajstić information content (AvgIpc) is 2.92. The van der Waals surface area contributed by atoms with Gasteiger partial charge in [0.15, 0.2) is 4.96 Å². The summed E-state index contributed by atoms with van der Waals surface area (Å²) in [6.07, 6.45) is 2.02. The van der Waals surface area contributed by atoms with Crippen LogP contribution in [-0.2, 0) is 6.54 Å². The van der Waals surface area contributed by atoms with Crippen molar-refractivity contribution in [2.45, 2.75) is 23.4 Å². The zero-order valence-electron chi connectivity index (χ0n) is 9.96. The van der Waals surface area contributed by atoms with Crippen LogP contribution in [0.2, 0.25) is 0 Å². The maximum atomic E-state index is 5.84. The van der Waals surface area contributed by atoms with Crippen molar-refractivity contribution in [1.82, 2.24) is 9.38 Å². The van der Waals surface area contributed by atoms with Gasteiger partial charge < -0.3 is 5.73 Å². The van der Waals surface area contributed by atoms with E-state index in [0.717, 1.165) is 15.7 Å². The molecule has 1 aromatic carbocycles. The van der Waals surface area contributed by atoms with Gasteiger partial charge in [0.25, 0.3) is 0 Å². The average molecular weight is 275 g/mol. The molecule has 0 aliphatic rings. The lowest BCUT2D eigenvalue weighted by molar-refractivity contribution is 0.924. The predicted octanol–water partition coefficient (Wildman–Crippen LogP) is 3.31. The number of hydrogen-bond donors (Lipinski definition) is 1. The molecule has 3 aromatic rings. The van der Waals surface area contributed by atoms with E-state index in [0.29, 0.717) is 6.54 Å². The maximum absolute atomic E-state index is 5.84. The topological polar surface area (TPSA) is 43.3 Å². The number of thiazole rings is 1. The Hall–Kier alpha value is -1.30. The Morgan fingerprint density at radius 1 is 1.39 bits per heavy atom. The molecule has 0 fully saturated rings. The molecule has 2 heterocycles. The summed E-state index contributed by atoms with van der Waals surface area (Å²) >= 11 is 3.33. The van der Waals surface area contributed by atoms with Crippen LogP contribution in [0.1, 0.15) is 11.3 Å². The van der Waals surface area contributed by atoms with E-state index in [1.807, 2.05) is 11.6 Å². The van der Waals surface area contributed by atoms with E-state index in [1.165, 1.54) is 10.5 Å². The Labute approximate surface area is 114 Å². The Morgan fingerprint density at radius 2 is 2.22 bits per heavy atom. The van der Waals surface area contributed by atoms with Gasteiger partial charge in [-0.15, -0.1) is 11.3 Å². The molecule has 2 N–H and O–H groups in total. The van der Waals surface area contributed by atoms with Gasteiger partial charge in [-0.2, -0.15) is 0 Å². The van der Waals surface area contributed by atoms with E-state index in [4.69, 9.17) is 5.73 Å². The van der Waals surface area contributed by atoms with Gasteiger partial charge in [-0.1, -0.05) is 30.0 Å². The molecular weight excluding hydrogens is 262 g/mol. The first-order chi connectivity index (χ1) is 8.79. The number of fused-ring (bicyclic) bond motifs is 1. The third kappa shape index (κ3) is 1.94. The third-order valence-corrected chi connectivity index (χ3v) is 4.77. The standard InChI is InChI=1S/C13H13N3S2/c1-9-4-2-3-5-11(9)18-12-10(8-14)16-6-7-17-13(16)15-12/h2-7H,8,14H2,1H3. The monoisotopic (exact) mass is 275 g/mol. The number of nitrogens with zero attached hydrogens (tertiary/aromatic N) is 2. The molecular formula is C13H13N3S2. The molecule has 0 unspecified atom stereocenters. The van der Waals surface area contributed by atoms with Gasteiger partial charge in [-0.25, -0.2) is 4.98 Å². The van der Waals surface area contributed by atoms with Crippen LogP contribution in [0.3, 0.4) is 0 Å². The molecule has 2 aromatic heterocycles. The second-order valence-corrected chi connectivity index (χ2v) is 5.89. The highest BCUT2D eigenvalue weighted by atomic mass is 32.2. The molecule has 0 spiro atoms. The lowest BCUT2D eigenvalue weighted by atomic mass is 10.2. The fraction of sp³-hybridized carbons (Fsp3) is 0.154. The van der Waals surface area contributed by atoms with Gasteiger partial charge in [-0.05, 0) is 18.6 Å².